The first-order valence-corrected chi connectivity index (χ1v) is 11.7. The number of ether oxygens (including phenoxy) is 3. The van der Waals surface area contributed by atoms with Gasteiger partial charge in [0.25, 0.3) is 15.7 Å². The molecule has 0 aliphatic carbocycles. The number of anilines is 2. The number of benzene rings is 3. The second-order valence-corrected chi connectivity index (χ2v) is 8.96. The number of nitrogens with zero attached hydrogens (tertiary/aromatic N) is 2. The number of rotatable bonds is 10. The number of nitro benzene ring substituents is 1. The monoisotopic (exact) mass is 520 g/mol. The topological polar surface area (TPSA) is 141 Å². The van der Waals surface area contributed by atoms with Gasteiger partial charge in [-0.3, -0.25) is 20.3 Å². The molecule has 13 heteroatoms. The molecule has 3 aromatic carbocycles. The highest BCUT2D eigenvalue weighted by molar-refractivity contribution is 7.92. The zero-order valence-electron chi connectivity index (χ0n) is 18.8. The van der Waals surface area contributed by atoms with Gasteiger partial charge in [-0.25, -0.2) is 8.42 Å². The molecule has 0 fully saturated rings. The minimum absolute atomic E-state index is 0.0175. The highest BCUT2D eigenvalue weighted by atomic mass is 35.5. The van der Waals surface area contributed by atoms with Gasteiger partial charge < -0.3 is 14.2 Å². The summed E-state index contributed by atoms with van der Waals surface area (Å²) in [5, 5.41) is 16.1. The molecule has 0 saturated carbocycles. The quantitative estimate of drug-likeness (QED) is 0.226. The van der Waals surface area contributed by atoms with Crippen LogP contribution in [0.1, 0.15) is 5.56 Å². The van der Waals surface area contributed by atoms with Crippen LogP contribution >= 0.6 is 11.6 Å². The maximum Gasteiger partial charge on any atom is 0.295 e. The van der Waals surface area contributed by atoms with Crippen LogP contribution in [0.15, 0.2) is 64.6 Å². The molecule has 0 aromatic heterocycles. The van der Waals surface area contributed by atoms with E-state index in [0.29, 0.717) is 27.8 Å². The van der Waals surface area contributed by atoms with Crippen molar-refractivity contribution in [3.05, 3.63) is 75.3 Å². The molecule has 11 nitrogen and oxygen atoms in total. The summed E-state index contributed by atoms with van der Waals surface area (Å²) < 4.78 is 43.7. The number of nitrogens with one attached hydrogen (secondary N) is 2. The number of hydrogen-bond acceptors (Lipinski definition) is 9. The van der Waals surface area contributed by atoms with Crippen LogP contribution in [0.4, 0.5) is 17.1 Å². The molecule has 0 amide bonds. The van der Waals surface area contributed by atoms with E-state index in [9.17, 15) is 18.5 Å². The third-order valence-electron chi connectivity index (χ3n) is 4.70. The van der Waals surface area contributed by atoms with Gasteiger partial charge in [0.1, 0.15) is 5.69 Å². The average Bonchev–Trinajstić information content (AvgIpc) is 2.84. The van der Waals surface area contributed by atoms with Crippen molar-refractivity contribution in [2.45, 2.75) is 4.90 Å². The van der Waals surface area contributed by atoms with Gasteiger partial charge in [0, 0.05) is 22.3 Å². The summed E-state index contributed by atoms with van der Waals surface area (Å²) in [4.78, 5) is 10.6. The third-order valence-corrected chi connectivity index (χ3v) is 6.33. The van der Waals surface area contributed by atoms with Crippen molar-refractivity contribution >= 4 is 44.9 Å². The van der Waals surface area contributed by atoms with E-state index in [2.05, 4.69) is 15.2 Å². The van der Waals surface area contributed by atoms with Crippen molar-refractivity contribution in [3.8, 4) is 17.2 Å². The van der Waals surface area contributed by atoms with Crippen LogP contribution < -0.4 is 24.4 Å². The second-order valence-electron chi connectivity index (χ2n) is 6.84. The lowest BCUT2D eigenvalue weighted by Gasteiger charge is -2.13. The lowest BCUT2D eigenvalue weighted by atomic mass is 10.2. The van der Waals surface area contributed by atoms with Gasteiger partial charge in [0.05, 0.1) is 37.4 Å². The Labute approximate surface area is 206 Å². The fraction of sp³-hybridized carbons (Fsp3) is 0.136. The Kier molecular flexibility index (Phi) is 7.99. The van der Waals surface area contributed by atoms with Crippen molar-refractivity contribution in [3.63, 3.8) is 0 Å². The number of halogens is 1. The van der Waals surface area contributed by atoms with Crippen LogP contribution in [-0.2, 0) is 10.0 Å². The van der Waals surface area contributed by atoms with Crippen LogP contribution in [-0.4, -0.2) is 40.9 Å². The Morgan fingerprint density at radius 2 is 1.66 bits per heavy atom. The Balaban J connectivity index is 1.87. The van der Waals surface area contributed by atoms with E-state index in [1.54, 1.807) is 12.1 Å². The van der Waals surface area contributed by atoms with Crippen molar-refractivity contribution in [1.82, 2.24) is 0 Å². The minimum Gasteiger partial charge on any atom is -0.493 e. The molecule has 3 aromatic rings. The maximum absolute atomic E-state index is 12.7. The lowest BCUT2D eigenvalue weighted by molar-refractivity contribution is -0.384. The summed E-state index contributed by atoms with van der Waals surface area (Å²) >= 11 is 5.81. The molecular formula is C22H21ClN4O7S. The lowest BCUT2D eigenvalue weighted by Crippen LogP contribution is -2.13. The molecular weight excluding hydrogens is 500 g/mol. The number of methoxy groups -OCH3 is 3. The normalized spacial score (nSPS) is 11.2. The minimum atomic E-state index is -4.09. The number of sulfonamides is 1. The van der Waals surface area contributed by atoms with Crippen LogP contribution in [0, 0.1) is 10.1 Å². The van der Waals surface area contributed by atoms with E-state index < -0.39 is 20.6 Å². The van der Waals surface area contributed by atoms with E-state index in [0.717, 1.165) is 6.07 Å². The van der Waals surface area contributed by atoms with Gasteiger partial charge in [0.15, 0.2) is 11.5 Å². The van der Waals surface area contributed by atoms with Gasteiger partial charge >= 0.3 is 0 Å². The van der Waals surface area contributed by atoms with Gasteiger partial charge in [-0.05, 0) is 48.5 Å². The summed E-state index contributed by atoms with van der Waals surface area (Å²) in [5.41, 5.74) is 2.83. The fourth-order valence-corrected chi connectivity index (χ4v) is 4.26. The second kappa shape index (κ2) is 10.9. The Morgan fingerprint density at radius 3 is 2.26 bits per heavy atom. The van der Waals surface area contributed by atoms with Gasteiger partial charge in [-0.15, -0.1) is 0 Å². The summed E-state index contributed by atoms with van der Waals surface area (Å²) in [7, 11) is 0.302. The van der Waals surface area contributed by atoms with E-state index >= 15 is 0 Å². The molecule has 0 aliphatic rings. The number of nitro groups is 1. The van der Waals surface area contributed by atoms with Gasteiger partial charge in [0.2, 0.25) is 5.75 Å². The first-order chi connectivity index (χ1) is 16.7. The van der Waals surface area contributed by atoms with Crippen LogP contribution in [0.3, 0.4) is 0 Å². The molecule has 0 saturated heterocycles. The first kappa shape index (κ1) is 25.6. The third kappa shape index (κ3) is 5.91. The Morgan fingerprint density at radius 1 is 0.971 bits per heavy atom. The number of hydrazone groups is 1. The highest BCUT2D eigenvalue weighted by Gasteiger charge is 2.22. The molecule has 184 valence electrons. The molecule has 3 rings (SSSR count). The summed E-state index contributed by atoms with van der Waals surface area (Å²) in [6.45, 7) is 0. The Hall–Kier alpha value is -4.03. The standard InChI is InChI=1S/C22H21ClN4O7S/c1-32-20-11-4-14(21(33-2)22(20)34-3)13-24-25-18-10-9-17(12-19(18)27(28)29)35(30,31)26-16-7-5-15(23)6-8-16/h4-13,25-26H,1-3H3/b24-13-. The fourth-order valence-electron chi connectivity index (χ4n) is 3.05. The smallest absolute Gasteiger partial charge is 0.295 e. The van der Waals surface area contributed by atoms with Gasteiger partial charge in [-0.2, -0.15) is 5.10 Å². The van der Waals surface area contributed by atoms with Crippen molar-refractivity contribution in [2.24, 2.45) is 5.10 Å². The maximum atomic E-state index is 12.7. The molecule has 0 radical (unpaired) electrons. The van der Waals surface area contributed by atoms with Crippen LogP contribution in [0.2, 0.25) is 5.02 Å². The number of hydrogen-bond donors (Lipinski definition) is 2. The van der Waals surface area contributed by atoms with Crippen molar-refractivity contribution in [2.75, 3.05) is 31.5 Å². The summed E-state index contributed by atoms with van der Waals surface area (Å²) in [5.74, 6) is 1.16. The zero-order valence-corrected chi connectivity index (χ0v) is 20.4. The average molecular weight is 521 g/mol. The molecule has 0 spiro atoms. The van der Waals surface area contributed by atoms with Crippen LogP contribution in [0.5, 0.6) is 17.2 Å². The summed E-state index contributed by atoms with van der Waals surface area (Å²) in [6.07, 6.45) is 1.37. The molecule has 2 N–H and O–H groups in total. The molecule has 0 atom stereocenters. The predicted octanol–water partition coefficient (Wildman–Crippen LogP) is 4.52. The molecule has 0 heterocycles. The van der Waals surface area contributed by atoms with Crippen LogP contribution in [0.25, 0.3) is 0 Å². The largest absolute Gasteiger partial charge is 0.493 e. The Bertz CT molecular complexity index is 1360. The van der Waals surface area contributed by atoms with E-state index in [1.807, 2.05) is 0 Å². The SMILES string of the molecule is COc1ccc(/C=N\Nc2ccc(S(=O)(=O)Nc3ccc(Cl)cc3)cc2[N+](=O)[O-])c(OC)c1OC. The van der Waals surface area contributed by atoms with E-state index in [1.165, 1.54) is 63.9 Å². The molecule has 35 heavy (non-hydrogen) atoms. The molecule has 0 aliphatic heterocycles. The summed E-state index contributed by atoms with van der Waals surface area (Å²) in [6, 6.07) is 12.7. The predicted molar refractivity (Wildman–Crippen MR) is 133 cm³/mol. The molecule has 0 unspecified atom stereocenters. The van der Waals surface area contributed by atoms with E-state index in [4.69, 9.17) is 25.8 Å². The highest BCUT2D eigenvalue weighted by Crippen LogP contribution is 2.39. The zero-order chi connectivity index (χ0) is 25.6. The van der Waals surface area contributed by atoms with Crippen molar-refractivity contribution in [1.29, 1.82) is 0 Å². The van der Waals surface area contributed by atoms with Gasteiger partial charge in [-0.1, -0.05) is 11.6 Å². The first-order valence-electron chi connectivity index (χ1n) is 9.85. The van der Waals surface area contributed by atoms with E-state index in [-0.39, 0.29) is 16.3 Å². The molecule has 0 bridgehead atoms. The van der Waals surface area contributed by atoms with Crippen molar-refractivity contribution < 1.29 is 27.6 Å².